The van der Waals surface area contributed by atoms with E-state index in [9.17, 15) is 4.79 Å². The number of hydrogen-bond acceptors (Lipinski definition) is 1. The zero-order valence-electron chi connectivity index (χ0n) is 6.91. The third-order valence-electron chi connectivity index (χ3n) is 0.727. The van der Waals surface area contributed by atoms with E-state index in [1.165, 1.54) is 0 Å². The van der Waals surface area contributed by atoms with Crippen LogP contribution in [0.25, 0.3) is 0 Å². The molecule has 2 heteroatoms. The molecule has 0 bridgehead atoms. The second-order valence-electron chi connectivity index (χ2n) is 3.08. The van der Waals surface area contributed by atoms with Crippen molar-refractivity contribution in [2.45, 2.75) is 33.2 Å². The Balaban J connectivity index is 3.89. The summed E-state index contributed by atoms with van der Waals surface area (Å²) in [6.07, 6.45) is 0. The van der Waals surface area contributed by atoms with E-state index in [2.05, 4.69) is 17.2 Å². The molecule has 0 aliphatic rings. The van der Waals surface area contributed by atoms with Gasteiger partial charge in [0.15, 0.2) is 0 Å². The Bertz CT molecular complexity index is 178. The predicted octanol–water partition coefficient (Wildman–Crippen LogP) is 0.924. The van der Waals surface area contributed by atoms with Gasteiger partial charge in [-0.05, 0) is 33.6 Å². The molecule has 10 heavy (non-hydrogen) atoms. The van der Waals surface area contributed by atoms with Crippen molar-refractivity contribution in [3.05, 3.63) is 0 Å². The minimum Gasteiger partial charge on any atom is -0.341 e. The number of hydrogen-bond donors (Lipinski definition) is 1. The van der Waals surface area contributed by atoms with E-state index in [0.29, 0.717) is 0 Å². The fraction of sp³-hybridized carbons (Fsp3) is 0.625. The quantitative estimate of drug-likeness (QED) is 0.497. The first kappa shape index (κ1) is 9.03. The molecule has 0 aliphatic heterocycles. The summed E-state index contributed by atoms with van der Waals surface area (Å²) >= 11 is 0. The highest BCUT2D eigenvalue weighted by molar-refractivity contribution is 5.93. The highest BCUT2D eigenvalue weighted by atomic mass is 16.1. The van der Waals surface area contributed by atoms with E-state index in [1.807, 2.05) is 20.8 Å². The highest BCUT2D eigenvalue weighted by Gasteiger charge is 2.10. The first-order chi connectivity index (χ1) is 4.45. The molecule has 0 aromatic rings. The van der Waals surface area contributed by atoms with Crippen molar-refractivity contribution in [2.75, 3.05) is 0 Å². The molecule has 0 atom stereocenters. The molecule has 0 saturated carbocycles. The lowest BCUT2D eigenvalue weighted by Crippen LogP contribution is -2.39. The molecule has 0 fully saturated rings. The molecule has 0 rings (SSSR count). The van der Waals surface area contributed by atoms with Crippen molar-refractivity contribution >= 4 is 5.91 Å². The molecule has 0 radical (unpaired) electrons. The Morgan fingerprint density at radius 3 is 2.20 bits per heavy atom. The van der Waals surface area contributed by atoms with Crippen molar-refractivity contribution in [3.63, 3.8) is 0 Å². The van der Waals surface area contributed by atoms with Gasteiger partial charge in [-0.3, -0.25) is 4.79 Å². The van der Waals surface area contributed by atoms with E-state index in [4.69, 9.17) is 0 Å². The fourth-order valence-electron chi connectivity index (χ4n) is 0.485. The van der Waals surface area contributed by atoms with Crippen molar-refractivity contribution in [1.29, 1.82) is 0 Å². The lowest BCUT2D eigenvalue weighted by Gasteiger charge is -2.17. The number of carbonyl (C=O) groups is 1. The molecule has 0 unspecified atom stereocenters. The summed E-state index contributed by atoms with van der Waals surface area (Å²) in [6, 6.07) is 0. The monoisotopic (exact) mass is 139 g/mol. The summed E-state index contributed by atoms with van der Waals surface area (Å²) in [5.41, 5.74) is -0.180. The van der Waals surface area contributed by atoms with Crippen LogP contribution in [0.1, 0.15) is 27.7 Å². The first-order valence-corrected chi connectivity index (χ1v) is 3.20. The average Bonchev–Trinajstić information content (AvgIpc) is 1.59. The van der Waals surface area contributed by atoms with Crippen LogP contribution in [0.4, 0.5) is 0 Å². The van der Waals surface area contributed by atoms with Crippen molar-refractivity contribution in [2.24, 2.45) is 0 Å². The van der Waals surface area contributed by atoms with Crippen LogP contribution in [0, 0.1) is 11.8 Å². The maximum atomic E-state index is 10.8. The molecular formula is C8H13NO. The fourth-order valence-corrected chi connectivity index (χ4v) is 0.485. The molecule has 1 N–H and O–H groups in total. The van der Waals surface area contributed by atoms with Crippen LogP contribution < -0.4 is 5.32 Å². The summed E-state index contributed by atoms with van der Waals surface area (Å²) in [6.45, 7) is 7.40. The van der Waals surface area contributed by atoms with Crippen molar-refractivity contribution in [3.8, 4) is 11.8 Å². The van der Waals surface area contributed by atoms with E-state index in [0.717, 1.165) is 0 Å². The predicted molar refractivity (Wildman–Crippen MR) is 41.3 cm³/mol. The van der Waals surface area contributed by atoms with Crippen LogP contribution in [-0.4, -0.2) is 11.4 Å². The SMILES string of the molecule is CC#CC(=O)NC(C)(C)C. The lowest BCUT2D eigenvalue weighted by atomic mass is 10.1. The maximum Gasteiger partial charge on any atom is 0.296 e. The van der Waals surface area contributed by atoms with Crippen LogP contribution in [0.15, 0.2) is 0 Å². The zero-order chi connectivity index (χ0) is 8.20. The van der Waals surface area contributed by atoms with Gasteiger partial charge in [-0.25, -0.2) is 0 Å². The van der Waals surface area contributed by atoms with Crippen molar-refractivity contribution < 1.29 is 4.79 Å². The Labute approximate surface area is 62.0 Å². The molecule has 56 valence electrons. The molecule has 0 heterocycles. The second kappa shape index (κ2) is 3.26. The molecular weight excluding hydrogens is 126 g/mol. The third-order valence-corrected chi connectivity index (χ3v) is 0.727. The summed E-state index contributed by atoms with van der Waals surface area (Å²) in [4.78, 5) is 10.8. The van der Waals surface area contributed by atoms with Gasteiger partial charge in [0.2, 0.25) is 0 Å². The number of carbonyl (C=O) groups excluding carboxylic acids is 1. The summed E-state index contributed by atoms with van der Waals surface area (Å²) in [7, 11) is 0. The van der Waals surface area contributed by atoms with Crippen molar-refractivity contribution in [1.82, 2.24) is 5.32 Å². The molecule has 0 saturated heterocycles. The third kappa shape index (κ3) is 5.17. The molecule has 0 aliphatic carbocycles. The minimum absolute atomic E-state index is 0.180. The molecule has 0 aromatic carbocycles. The largest absolute Gasteiger partial charge is 0.341 e. The van der Waals surface area contributed by atoms with Crippen LogP contribution >= 0.6 is 0 Å². The molecule has 0 aromatic heterocycles. The summed E-state index contributed by atoms with van der Waals surface area (Å²) < 4.78 is 0. The molecule has 2 nitrogen and oxygen atoms in total. The van der Waals surface area contributed by atoms with Gasteiger partial charge in [-0.1, -0.05) is 5.92 Å². The van der Waals surface area contributed by atoms with Gasteiger partial charge in [-0.2, -0.15) is 0 Å². The van der Waals surface area contributed by atoms with Gasteiger partial charge in [0.1, 0.15) is 0 Å². The van der Waals surface area contributed by atoms with E-state index < -0.39 is 0 Å². The van der Waals surface area contributed by atoms with Crippen LogP contribution in [-0.2, 0) is 4.79 Å². The Morgan fingerprint density at radius 1 is 1.40 bits per heavy atom. The second-order valence-corrected chi connectivity index (χ2v) is 3.08. The lowest BCUT2D eigenvalue weighted by molar-refractivity contribution is -0.117. The topological polar surface area (TPSA) is 29.1 Å². The van der Waals surface area contributed by atoms with E-state index in [1.54, 1.807) is 6.92 Å². The van der Waals surface area contributed by atoms with Gasteiger partial charge in [0.25, 0.3) is 5.91 Å². The summed E-state index contributed by atoms with van der Waals surface area (Å²) in [5.74, 6) is 4.72. The summed E-state index contributed by atoms with van der Waals surface area (Å²) in [5, 5.41) is 2.71. The van der Waals surface area contributed by atoms with Gasteiger partial charge in [0.05, 0.1) is 0 Å². The Hall–Kier alpha value is -0.970. The maximum absolute atomic E-state index is 10.8. The number of rotatable bonds is 0. The van der Waals surface area contributed by atoms with Gasteiger partial charge < -0.3 is 5.32 Å². The van der Waals surface area contributed by atoms with Gasteiger partial charge >= 0.3 is 0 Å². The normalized spacial score (nSPS) is 9.60. The average molecular weight is 139 g/mol. The van der Waals surface area contributed by atoms with Gasteiger partial charge in [-0.15, -0.1) is 0 Å². The van der Waals surface area contributed by atoms with Crippen LogP contribution in [0.2, 0.25) is 0 Å². The zero-order valence-corrected chi connectivity index (χ0v) is 6.91. The van der Waals surface area contributed by atoms with Crippen LogP contribution in [0.5, 0.6) is 0 Å². The van der Waals surface area contributed by atoms with Crippen LogP contribution in [0.3, 0.4) is 0 Å². The van der Waals surface area contributed by atoms with Gasteiger partial charge in [0, 0.05) is 5.54 Å². The minimum atomic E-state index is -0.213. The Kier molecular flexibility index (Phi) is 2.95. The van der Waals surface area contributed by atoms with E-state index in [-0.39, 0.29) is 11.4 Å². The first-order valence-electron chi connectivity index (χ1n) is 3.20. The highest BCUT2D eigenvalue weighted by Crippen LogP contribution is 1.96. The number of nitrogens with one attached hydrogen (secondary N) is 1. The Morgan fingerprint density at radius 2 is 1.90 bits per heavy atom. The molecule has 1 amide bonds. The smallest absolute Gasteiger partial charge is 0.296 e. The molecule has 0 spiro atoms. The standard InChI is InChI=1S/C8H13NO/c1-5-6-7(10)9-8(2,3)4/h1-4H3,(H,9,10). The number of amides is 1. The van der Waals surface area contributed by atoms with E-state index >= 15 is 0 Å².